The second kappa shape index (κ2) is 11.3. The van der Waals surface area contributed by atoms with Crippen LogP contribution in [0.4, 0.5) is 5.69 Å². The first-order chi connectivity index (χ1) is 14.5. The van der Waals surface area contributed by atoms with Gasteiger partial charge in [0.05, 0.1) is 18.4 Å². The number of nitrogen functional groups attached to an aromatic ring is 1. The van der Waals surface area contributed by atoms with Crippen LogP contribution in [0.15, 0.2) is 48.8 Å². The third kappa shape index (κ3) is 6.15. The van der Waals surface area contributed by atoms with Gasteiger partial charge >= 0.3 is 0 Å². The molecule has 1 aliphatic rings. The van der Waals surface area contributed by atoms with Gasteiger partial charge in [-0.15, -0.1) is 24.0 Å². The van der Waals surface area contributed by atoms with Crippen molar-refractivity contribution < 1.29 is 11.3 Å². The zero-order chi connectivity index (χ0) is 21.5. The van der Waals surface area contributed by atoms with Crippen LogP contribution < -0.4 is 10.5 Å². The molecule has 3 aromatic rings. The number of pyridine rings is 2. The van der Waals surface area contributed by atoms with Gasteiger partial charge in [-0.25, -0.2) is 4.98 Å². The fourth-order valence-electron chi connectivity index (χ4n) is 3.24. The van der Waals surface area contributed by atoms with Crippen molar-refractivity contribution in [2.45, 2.75) is 25.7 Å². The van der Waals surface area contributed by atoms with Crippen LogP contribution in [0.1, 0.15) is 42.2 Å². The fraction of sp³-hybridized carbons (Fsp3) is 0.217. The van der Waals surface area contributed by atoms with Crippen molar-refractivity contribution in [1.82, 2.24) is 9.97 Å². The normalized spacial score (nSPS) is 11.6. The molecule has 0 atom stereocenters. The molecule has 8 heteroatoms. The number of benzene rings is 1. The van der Waals surface area contributed by atoms with E-state index < -0.39 is 0 Å². The summed E-state index contributed by atoms with van der Waals surface area (Å²) in [5.41, 5.74) is 10.7. The van der Waals surface area contributed by atoms with Crippen molar-refractivity contribution in [3.63, 3.8) is 0 Å². The molecule has 0 aliphatic heterocycles. The van der Waals surface area contributed by atoms with E-state index in [1.165, 1.54) is 43.3 Å². The van der Waals surface area contributed by atoms with E-state index >= 15 is 0 Å². The Morgan fingerprint density at radius 1 is 1.19 bits per heavy atom. The first-order valence-corrected chi connectivity index (χ1v) is 9.57. The molecule has 0 bridgehead atoms. The molecule has 0 unspecified atom stereocenters. The van der Waals surface area contributed by atoms with E-state index in [1.54, 1.807) is 30.6 Å². The second-order valence-electron chi connectivity index (χ2n) is 6.88. The van der Waals surface area contributed by atoms with Crippen LogP contribution in [-0.2, 0) is 12.8 Å². The average Bonchev–Trinajstić information content (AvgIpc) is 2.80. The van der Waals surface area contributed by atoms with Gasteiger partial charge in [-0.2, -0.15) is 5.26 Å². The minimum Gasteiger partial charge on any atom is -0.508 e. The Kier molecular flexibility index (Phi) is 8.75. The largest absolute Gasteiger partial charge is 0.508 e. The molecule has 4 rings (SSSR count). The predicted octanol–water partition coefficient (Wildman–Crippen LogP) is 4.49. The molecule has 1 aliphatic carbocycles. The highest BCUT2D eigenvalue weighted by molar-refractivity contribution is 14.0. The number of anilines is 1. The number of rotatable bonds is 3. The molecule has 0 fully saturated rings. The van der Waals surface area contributed by atoms with Gasteiger partial charge in [0.2, 0.25) is 5.88 Å². The summed E-state index contributed by atoms with van der Waals surface area (Å²) < 4.78 is 5.01. The summed E-state index contributed by atoms with van der Waals surface area (Å²) in [6.07, 6.45) is 7.89. The number of nitrogens with one attached hydrogen (secondary N) is 1. The molecule has 0 amide bonds. The van der Waals surface area contributed by atoms with Crippen molar-refractivity contribution in [3.05, 3.63) is 76.7 Å². The van der Waals surface area contributed by atoms with Crippen molar-refractivity contribution in [2.75, 3.05) is 12.8 Å². The van der Waals surface area contributed by atoms with Gasteiger partial charge in [0.25, 0.3) is 0 Å². The molecule has 31 heavy (non-hydrogen) atoms. The molecular formula is C23H26IN5O2. The van der Waals surface area contributed by atoms with Crippen molar-refractivity contribution in [2.24, 2.45) is 0 Å². The number of methoxy groups -OCH3 is 1. The van der Waals surface area contributed by atoms with Crippen molar-refractivity contribution in [1.29, 1.82) is 10.7 Å². The van der Waals surface area contributed by atoms with Gasteiger partial charge in [-0.3, -0.25) is 10.4 Å². The number of aromatic nitrogens is 2. The van der Waals surface area contributed by atoms with Crippen LogP contribution >= 0.6 is 24.0 Å². The van der Waals surface area contributed by atoms with E-state index in [4.69, 9.17) is 21.1 Å². The number of phenolic OH excluding ortho intramolecular Hbond substituents is 1. The maximum atomic E-state index is 9.44. The second-order valence-corrected chi connectivity index (χ2v) is 6.88. The first kappa shape index (κ1) is 24.1. The minimum atomic E-state index is 0. The molecule has 2 aromatic heterocycles. The smallest absolute Gasteiger partial charge is 0.213 e. The zero-order valence-corrected chi connectivity index (χ0v) is 19.5. The van der Waals surface area contributed by atoms with E-state index in [0.29, 0.717) is 28.3 Å². The summed E-state index contributed by atoms with van der Waals surface area (Å²) in [7, 11) is 1.51. The van der Waals surface area contributed by atoms with Gasteiger partial charge in [0.15, 0.2) is 0 Å². The molecule has 2 heterocycles. The highest BCUT2D eigenvalue weighted by Gasteiger charge is 2.11. The lowest BCUT2D eigenvalue weighted by atomic mass is 9.95. The van der Waals surface area contributed by atoms with Gasteiger partial charge < -0.3 is 15.6 Å². The Morgan fingerprint density at radius 2 is 1.97 bits per heavy atom. The number of ether oxygens (including phenoxy) is 1. The topological polar surface area (TPSA) is 129 Å². The van der Waals surface area contributed by atoms with E-state index in [2.05, 4.69) is 16.0 Å². The third-order valence-electron chi connectivity index (χ3n) is 4.84. The Labute approximate surface area is 199 Å². The quantitative estimate of drug-likeness (QED) is 0.198. The summed E-state index contributed by atoms with van der Waals surface area (Å²) in [6.45, 7) is 0. The van der Waals surface area contributed by atoms with Crippen molar-refractivity contribution >= 4 is 35.4 Å². The zero-order valence-electron chi connectivity index (χ0n) is 17.1. The van der Waals surface area contributed by atoms with E-state index in [0.717, 1.165) is 12.8 Å². The van der Waals surface area contributed by atoms with Gasteiger partial charge in [-0.1, -0.05) is 0 Å². The molecular weight excluding hydrogens is 505 g/mol. The van der Waals surface area contributed by atoms with E-state index in [1.807, 2.05) is 6.07 Å². The van der Waals surface area contributed by atoms with Crippen LogP contribution in [0.3, 0.4) is 0 Å². The first-order valence-electron chi connectivity index (χ1n) is 9.57. The Balaban J connectivity index is 0.000000321. The van der Waals surface area contributed by atoms with Crippen LogP contribution in [0, 0.1) is 16.7 Å². The number of phenols is 1. The lowest BCUT2D eigenvalue weighted by Crippen LogP contribution is -2.06. The summed E-state index contributed by atoms with van der Waals surface area (Å²) in [6, 6.07) is 11.9. The van der Waals surface area contributed by atoms with Crippen LogP contribution in [-0.4, -0.2) is 27.9 Å². The van der Waals surface area contributed by atoms with Gasteiger partial charge in [0, 0.05) is 42.4 Å². The van der Waals surface area contributed by atoms with Crippen LogP contribution in [0.5, 0.6) is 11.6 Å². The lowest BCUT2D eigenvalue weighted by Gasteiger charge is -2.13. The van der Waals surface area contributed by atoms with Crippen molar-refractivity contribution in [3.8, 4) is 17.7 Å². The number of halogens is 1. The summed E-state index contributed by atoms with van der Waals surface area (Å²) in [5, 5.41) is 26.2. The Morgan fingerprint density at radius 3 is 2.71 bits per heavy atom. The molecule has 0 saturated heterocycles. The molecule has 7 nitrogen and oxygen atoms in total. The molecule has 4 N–H and O–H groups in total. The van der Waals surface area contributed by atoms with E-state index in [9.17, 15) is 5.11 Å². The van der Waals surface area contributed by atoms with Gasteiger partial charge in [0.1, 0.15) is 11.8 Å². The summed E-state index contributed by atoms with van der Waals surface area (Å²) in [5.74, 6) is 0.501. The monoisotopic (exact) mass is 531 g/mol. The SMILES string of the molecule is COc1cc(C(=N)c2cc(O)ccc2N)ccn1.I.N#Cc1cnc2c(c1)CCCC2.[HH]. The molecule has 0 saturated carbocycles. The maximum absolute atomic E-state index is 9.44. The lowest BCUT2D eigenvalue weighted by molar-refractivity contribution is 0.398. The molecule has 0 spiro atoms. The number of aromatic hydroxyl groups is 1. The average molecular weight is 531 g/mol. The number of hydrogen-bond acceptors (Lipinski definition) is 7. The molecule has 1 aromatic carbocycles. The minimum absolute atomic E-state index is 0. The van der Waals surface area contributed by atoms with Crippen LogP contribution in [0.2, 0.25) is 0 Å². The number of nitrogens with zero attached hydrogens (tertiary/aromatic N) is 3. The maximum Gasteiger partial charge on any atom is 0.213 e. The molecule has 0 radical (unpaired) electrons. The third-order valence-corrected chi connectivity index (χ3v) is 4.84. The summed E-state index contributed by atoms with van der Waals surface area (Å²) >= 11 is 0. The molecule has 162 valence electrons. The number of aryl methyl sites for hydroxylation is 2. The standard InChI is InChI=1S/C13H13N3O2.C10H10N2.HI.H2/c1-18-12-6-8(4-5-16-12)13(15)10-7-9(17)2-3-11(10)14;11-6-8-5-9-3-1-2-4-10(9)12-7-8;;/h2-7,15,17H,14H2,1H3;5,7H,1-4H2;2*1H. The van der Waals surface area contributed by atoms with Gasteiger partial charge in [-0.05, 0) is 61.6 Å². The predicted molar refractivity (Wildman–Crippen MR) is 132 cm³/mol. The number of hydrogen-bond donors (Lipinski definition) is 3. The Bertz CT molecular complexity index is 1120. The van der Waals surface area contributed by atoms with E-state index in [-0.39, 0.29) is 36.9 Å². The highest BCUT2D eigenvalue weighted by Crippen LogP contribution is 2.22. The fourth-order valence-corrected chi connectivity index (χ4v) is 3.24. The highest BCUT2D eigenvalue weighted by atomic mass is 127. The van der Waals surface area contributed by atoms with Crippen LogP contribution in [0.25, 0.3) is 0 Å². The summed E-state index contributed by atoms with van der Waals surface area (Å²) in [4.78, 5) is 8.24. The number of fused-ring (bicyclic) bond motifs is 1. The Hall–Kier alpha value is -3.19. The number of nitriles is 1. The number of nitrogens with two attached hydrogens (primary N) is 1.